The van der Waals surface area contributed by atoms with Gasteiger partial charge in [-0.05, 0) is 24.3 Å². The summed E-state index contributed by atoms with van der Waals surface area (Å²) in [5.74, 6) is 0. The smallest absolute Gasteiger partial charge is 0.258 e. The molecule has 0 aliphatic carbocycles. The van der Waals surface area contributed by atoms with Crippen molar-refractivity contribution in [1.29, 1.82) is 0 Å². The molecule has 0 heterocycles. The van der Waals surface area contributed by atoms with Crippen molar-refractivity contribution in [1.82, 2.24) is 0 Å². The Hall–Kier alpha value is -1.84. The maximum absolute atomic E-state index is 11.2. The van der Waals surface area contributed by atoms with Gasteiger partial charge in [0.1, 0.15) is 0 Å². The molecule has 0 atom stereocenters. The lowest BCUT2D eigenvalue weighted by atomic mass is 10.1. The summed E-state index contributed by atoms with van der Waals surface area (Å²) < 4.78 is 0. The van der Waals surface area contributed by atoms with Crippen LogP contribution in [0.5, 0.6) is 0 Å². The highest BCUT2D eigenvalue weighted by Crippen LogP contribution is 2.29. The lowest BCUT2D eigenvalue weighted by Crippen LogP contribution is -1.98. The minimum Gasteiger partial charge on any atom is -0.258 e. The van der Waals surface area contributed by atoms with Gasteiger partial charge in [-0.3, -0.25) is 10.1 Å². The summed E-state index contributed by atoms with van der Waals surface area (Å²) in [5, 5.41) is 11.9. The van der Waals surface area contributed by atoms with E-state index < -0.39 is 4.92 Å². The molecule has 0 unspecified atom stereocenters. The molecule has 0 fully saturated rings. The fraction of sp³-hybridized carbons (Fsp3) is 0. The van der Waals surface area contributed by atoms with Crippen LogP contribution >= 0.6 is 23.2 Å². The molecule has 0 N–H and O–H groups in total. The number of halogens is 2. The quantitative estimate of drug-likeness (QED) is 0.465. The summed E-state index contributed by atoms with van der Waals surface area (Å²) in [7, 11) is 0. The van der Waals surface area contributed by atoms with E-state index in [9.17, 15) is 10.1 Å². The van der Waals surface area contributed by atoms with Gasteiger partial charge in [0.05, 0.1) is 10.5 Å². The Labute approximate surface area is 120 Å². The Morgan fingerprint density at radius 2 is 1.58 bits per heavy atom. The van der Waals surface area contributed by atoms with Gasteiger partial charge in [0.15, 0.2) is 0 Å². The van der Waals surface area contributed by atoms with E-state index in [-0.39, 0.29) is 5.70 Å². The summed E-state index contributed by atoms with van der Waals surface area (Å²) >= 11 is 12.0. The third-order valence-electron chi connectivity index (χ3n) is 2.55. The second-order valence-corrected chi connectivity index (χ2v) is 4.60. The van der Waals surface area contributed by atoms with E-state index in [4.69, 9.17) is 23.2 Å². The van der Waals surface area contributed by atoms with Crippen LogP contribution in [0, 0.1) is 10.1 Å². The van der Waals surface area contributed by atoms with Crippen molar-refractivity contribution in [2.45, 2.75) is 0 Å². The second kappa shape index (κ2) is 5.87. The summed E-state index contributed by atoms with van der Waals surface area (Å²) in [6, 6.07) is 13.6. The van der Waals surface area contributed by atoms with E-state index in [2.05, 4.69) is 0 Å². The zero-order valence-corrected chi connectivity index (χ0v) is 11.2. The molecule has 0 saturated carbocycles. The average Bonchev–Trinajstić information content (AvgIpc) is 2.39. The van der Waals surface area contributed by atoms with E-state index in [1.807, 2.05) is 0 Å². The van der Waals surface area contributed by atoms with E-state index in [0.29, 0.717) is 21.2 Å². The highest BCUT2D eigenvalue weighted by molar-refractivity contribution is 6.37. The van der Waals surface area contributed by atoms with Crippen LogP contribution in [0.15, 0.2) is 48.5 Å². The van der Waals surface area contributed by atoms with Crippen LogP contribution in [-0.2, 0) is 0 Å². The zero-order chi connectivity index (χ0) is 13.8. The Morgan fingerprint density at radius 3 is 2.11 bits per heavy atom. The molecule has 0 bridgehead atoms. The van der Waals surface area contributed by atoms with Crippen LogP contribution < -0.4 is 0 Å². The monoisotopic (exact) mass is 293 g/mol. The van der Waals surface area contributed by atoms with Crippen LogP contribution in [0.1, 0.15) is 11.1 Å². The van der Waals surface area contributed by atoms with Gasteiger partial charge in [-0.15, -0.1) is 0 Å². The van der Waals surface area contributed by atoms with Crippen LogP contribution in [0.2, 0.25) is 10.0 Å². The third-order valence-corrected chi connectivity index (χ3v) is 3.21. The minimum absolute atomic E-state index is 0.0457. The molecule has 2 aromatic carbocycles. The van der Waals surface area contributed by atoms with E-state index in [1.165, 1.54) is 6.08 Å². The molecule has 0 aliphatic rings. The predicted molar refractivity (Wildman–Crippen MR) is 77.8 cm³/mol. The van der Waals surface area contributed by atoms with Crippen molar-refractivity contribution < 1.29 is 4.92 Å². The van der Waals surface area contributed by atoms with Gasteiger partial charge in [0.25, 0.3) is 5.70 Å². The highest BCUT2D eigenvalue weighted by Gasteiger charge is 2.15. The van der Waals surface area contributed by atoms with Crippen molar-refractivity contribution in [2.24, 2.45) is 0 Å². The van der Waals surface area contributed by atoms with Crippen molar-refractivity contribution in [3.63, 3.8) is 0 Å². The first-order valence-electron chi connectivity index (χ1n) is 5.45. The molecule has 0 aliphatic heterocycles. The van der Waals surface area contributed by atoms with Gasteiger partial charge in [-0.1, -0.05) is 47.5 Å². The number of hydrogen-bond donors (Lipinski definition) is 0. The molecule has 0 aromatic heterocycles. The SMILES string of the molecule is O=[N+]([O-])C(=Cc1c(Cl)cccc1Cl)c1ccccc1. The van der Waals surface area contributed by atoms with E-state index in [1.54, 1.807) is 48.5 Å². The molecule has 0 radical (unpaired) electrons. The fourth-order valence-corrected chi connectivity index (χ4v) is 2.14. The van der Waals surface area contributed by atoms with Crippen LogP contribution in [0.25, 0.3) is 11.8 Å². The summed E-state index contributed by atoms with van der Waals surface area (Å²) in [6.45, 7) is 0. The van der Waals surface area contributed by atoms with Gasteiger partial charge < -0.3 is 0 Å². The predicted octanol–water partition coefficient (Wildman–Crippen LogP) is 4.77. The molecule has 2 rings (SSSR count). The van der Waals surface area contributed by atoms with Crippen molar-refractivity contribution in [3.05, 3.63) is 79.8 Å². The Kier molecular flexibility index (Phi) is 4.20. The maximum Gasteiger partial charge on any atom is 0.277 e. The van der Waals surface area contributed by atoms with Crippen molar-refractivity contribution in [3.8, 4) is 0 Å². The molecule has 19 heavy (non-hydrogen) atoms. The van der Waals surface area contributed by atoms with Crippen LogP contribution in [0.3, 0.4) is 0 Å². The lowest BCUT2D eigenvalue weighted by Gasteiger charge is -2.03. The fourth-order valence-electron chi connectivity index (χ4n) is 1.64. The standard InChI is InChI=1S/C14H9Cl2NO2/c15-12-7-4-8-13(16)11(12)9-14(17(18)19)10-5-2-1-3-6-10/h1-9H. The second-order valence-electron chi connectivity index (χ2n) is 3.79. The van der Waals surface area contributed by atoms with Gasteiger partial charge in [-0.2, -0.15) is 0 Å². The molecule has 0 spiro atoms. The Bertz CT molecular complexity index is 619. The molecule has 2 aromatic rings. The number of benzene rings is 2. The molecule has 0 amide bonds. The Morgan fingerprint density at radius 1 is 1.00 bits per heavy atom. The lowest BCUT2D eigenvalue weighted by molar-refractivity contribution is -0.374. The topological polar surface area (TPSA) is 43.1 Å². The Balaban J connectivity index is 2.57. The third kappa shape index (κ3) is 3.13. The number of nitrogens with zero attached hydrogens (tertiary/aromatic N) is 1. The van der Waals surface area contributed by atoms with Crippen LogP contribution in [-0.4, -0.2) is 4.92 Å². The highest BCUT2D eigenvalue weighted by atomic mass is 35.5. The molecule has 3 nitrogen and oxygen atoms in total. The minimum atomic E-state index is -0.449. The normalized spacial score (nSPS) is 11.4. The van der Waals surface area contributed by atoms with Crippen molar-refractivity contribution >= 4 is 35.0 Å². The first-order valence-corrected chi connectivity index (χ1v) is 6.20. The van der Waals surface area contributed by atoms with Gasteiger partial charge in [0.2, 0.25) is 0 Å². The van der Waals surface area contributed by atoms with Crippen LogP contribution in [0.4, 0.5) is 0 Å². The van der Waals surface area contributed by atoms with Crippen molar-refractivity contribution in [2.75, 3.05) is 0 Å². The molecular weight excluding hydrogens is 285 g/mol. The molecule has 5 heteroatoms. The average molecular weight is 294 g/mol. The number of nitro groups is 1. The summed E-state index contributed by atoms with van der Waals surface area (Å²) in [5.41, 5.74) is 0.903. The zero-order valence-electron chi connectivity index (χ0n) is 9.72. The molecular formula is C14H9Cl2NO2. The summed E-state index contributed by atoms with van der Waals surface area (Å²) in [4.78, 5) is 10.7. The van der Waals surface area contributed by atoms with E-state index >= 15 is 0 Å². The maximum atomic E-state index is 11.2. The summed E-state index contributed by atoms with van der Waals surface area (Å²) in [6.07, 6.45) is 1.39. The first-order chi connectivity index (χ1) is 9.09. The van der Waals surface area contributed by atoms with E-state index in [0.717, 1.165) is 0 Å². The number of hydrogen-bond acceptors (Lipinski definition) is 2. The molecule has 96 valence electrons. The van der Waals surface area contributed by atoms with Gasteiger partial charge >= 0.3 is 0 Å². The molecule has 0 saturated heterocycles. The number of rotatable bonds is 3. The van der Waals surface area contributed by atoms with Gasteiger partial charge in [0, 0.05) is 21.7 Å². The van der Waals surface area contributed by atoms with Gasteiger partial charge in [-0.25, -0.2) is 0 Å². The first kappa shape index (κ1) is 13.6. The largest absolute Gasteiger partial charge is 0.277 e.